The Balaban J connectivity index is 1.58. The maximum Gasteiger partial charge on any atom is 0.319 e. The highest BCUT2D eigenvalue weighted by Crippen LogP contribution is 2.14. The summed E-state index contributed by atoms with van der Waals surface area (Å²) in [6.07, 6.45) is 3.38. The lowest BCUT2D eigenvalue weighted by Crippen LogP contribution is -2.28. The molecule has 0 aliphatic rings. The van der Waals surface area contributed by atoms with Gasteiger partial charge < -0.3 is 10.6 Å². The minimum atomic E-state index is -0.313. The van der Waals surface area contributed by atoms with E-state index in [4.69, 9.17) is 0 Å². The van der Waals surface area contributed by atoms with E-state index in [0.29, 0.717) is 23.4 Å². The molecule has 5 nitrogen and oxygen atoms in total. The maximum atomic E-state index is 12.4. The first-order chi connectivity index (χ1) is 12.6. The van der Waals surface area contributed by atoms with Gasteiger partial charge in [-0.15, -0.1) is 0 Å². The lowest BCUT2D eigenvalue weighted by Gasteiger charge is -2.08. The molecule has 3 rings (SSSR count). The maximum absolute atomic E-state index is 12.4. The molecule has 3 aromatic rings. The van der Waals surface area contributed by atoms with E-state index in [0.717, 1.165) is 11.1 Å². The molecule has 0 saturated carbocycles. The Morgan fingerprint density at radius 2 is 1.58 bits per heavy atom. The van der Waals surface area contributed by atoms with Gasteiger partial charge >= 0.3 is 6.03 Å². The van der Waals surface area contributed by atoms with Crippen molar-refractivity contribution >= 4 is 17.5 Å². The summed E-state index contributed by atoms with van der Waals surface area (Å²) in [6.45, 7) is 2.37. The van der Waals surface area contributed by atoms with Gasteiger partial charge in [-0.3, -0.25) is 9.78 Å². The standard InChI is InChI=1S/C21H19N3O2/c1-15-4-6-17(7-5-15)20(25)18-8-10-19(11-9-18)24-21(26)23-14-16-3-2-12-22-13-16/h2-13H,14H2,1H3,(H2,23,24,26). The van der Waals surface area contributed by atoms with Crippen molar-refractivity contribution < 1.29 is 9.59 Å². The molecule has 0 fully saturated rings. The molecule has 0 bridgehead atoms. The van der Waals surface area contributed by atoms with Gasteiger partial charge in [0.15, 0.2) is 5.78 Å². The highest BCUT2D eigenvalue weighted by atomic mass is 16.2. The Kier molecular flexibility index (Phi) is 5.39. The number of carbonyl (C=O) groups excluding carboxylic acids is 2. The topological polar surface area (TPSA) is 71.1 Å². The van der Waals surface area contributed by atoms with Gasteiger partial charge in [0.05, 0.1) is 0 Å². The number of rotatable bonds is 5. The molecule has 0 radical (unpaired) electrons. The number of aryl methyl sites for hydroxylation is 1. The van der Waals surface area contributed by atoms with E-state index in [1.807, 2.05) is 43.3 Å². The molecular weight excluding hydrogens is 326 g/mol. The Morgan fingerprint density at radius 3 is 2.19 bits per heavy atom. The van der Waals surface area contributed by atoms with E-state index >= 15 is 0 Å². The molecule has 5 heteroatoms. The summed E-state index contributed by atoms with van der Waals surface area (Å²) in [6, 6.07) is 17.7. The zero-order valence-electron chi connectivity index (χ0n) is 14.4. The Hall–Kier alpha value is -3.47. The summed E-state index contributed by atoms with van der Waals surface area (Å²) in [7, 11) is 0. The number of ketones is 1. The fraction of sp³-hybridized carbons (Fsp3) is 0.0952. The SMILES string of the molecule is Cc1ccc(C(=O)c2ccc(NC(=O)NCc3cccnc3)cc2)cc1. The van der Waals surface area contributed by atoms with Gasteiger partial charge in [-0.25, -0.2) is 4.79 Å². The summed E-state index contributed by atoms with van der Waals surface area (Å²) in [5.41, 5.74) is 3.87. The third kappa shape index (κ3) is 4.54. The number of aromatic nitrogens is 1. The quantitative estimate of drug-likeness (QED) is 0.688. The molecule has 2 aromatic carbocycles. The van der Waals surface area contributed by atoms with Crippen molar-refractivity contribution in [1.29, 1.82) is 0 Å². The van der Waals surface area contributed by atoms with Crippen molar-refractivity contribution in [3.63, 3.8) is 0 Å². The molecule has 26 heavy (non-hydrogen) atoms. The van der Waals surface area contributed by atoms with Crippen LogP contribution in [0.3, 0.4) is 0 Å². The summed E-state index contributed by atoms with van der Waals surface area (Å²) in [5.74, 6) is -0.0439. The average Bonchev–Trinajstić information content (AvgIpc) is 2.68. The molecule has 0 aliphatic heterocycles. The predicted molar refractivity (Wildman–Crippen MR) is 101 cm³/mol. The second-order valence-electron chi connectivity index (χ2n) is 5.94. The van der Waals surface area contributed by atoms with Gasteiger partial charge in [-0.1, -0.05) is 35.9 Å². The van der Waals surface area contributed by atoms with Gasteiger partial charge in [-0.2, -0.15) is 0 Å². The van der Waals surface area contributed by atoms with Crippen molar-refractivity contribution in [2.45, 2.75) is 13.5 Å². The molecule has 0 saturated heterocycles. The number of amides is 2. The van der Waals surface area contributed by atoms with Gasteiger partial charge in [0.25, 0.3) is 0 Å². The van der Waals surface area contributed by atoms with Crippen molar-refractivity contribution in [1.82, 2.24) is 10.3 Å². The normalized spacial score (nSPS) is 10.2. The van der Waals surface area contributed by atoms with Crippen LogP contribution in [0.2, 0.25) is 0 Å². The van der Waals surface area contributed by atoms with Gasteiger partial charge in [0.2, 0.25) is 0 Å². The smallest absolute Gasteiger partial charge is 0.319 e. The summed E-state index contributed by atoms with van der Waals surface area (Å²) in [5, 5.41) is 5.50. The number of carbonyl (C=O) groups is 2. The zero-order chi connectivity index (χ0) is 18.4. The third-order valence-electron chi connectivity index (χ3n) is 3.89. The van der Waals surface area contributed by atoms with Crippen LogP contribution in [0.5, 0.6) is 0 Å². The highest BCUT2D eigenvalue weighted by molar-refractivity contribution is 6.09. The number of hydrogen-bond donors (Lipinski definition) is 2. The van der Waals surface area contributed by atoms with E-state index < -0.39 is 0 Å². The molecule has 2 amide bonds. The highest BCUT2D eigenvalue weighted by Gasteiger charge is 2.09. The van der Waals surface area contributed by atoms with Crippen molar-refractivity contribution in [2.24, 2.45) is 0 Å². The van der Waals surface area contributed by atoms with Crippen LogP contribution in [0.25, 0.3) is 0 Å². The summed E-state index contributed by atoms with van der Waals surface area (Å²) < 4.78 is 0. The molecular formula is C21H19N3O2. The molecule has 0 unspecified atom stereocenters. The van der Waals surface area contributed by atoms with E-state index in [1.54, 1.807) is 36.7 Å². The lowest BCUT2D eigenvalue weighted by atomic mass is 10.0. The molecule has 0 spiro atoms. The van der Waals surface area contributed by atoms with Crippen LogP contribution in [0.15, 0.2) is 73.1 Å². The first-order valence-electron chi connectivity index (χ1n) is 8.27. The third-order valence-corrected chi connectivity index (χ3v) is 3.89. The molecule has 2 N–H and O–H groups in total. The molecule has 0 aliphatic carbocycles. The Labute approximate surface area is 152 Å². The number of anilines is 1. The van der Waals surface area contributed by atoms with Gasteiger partial charge in [0, 0.05) is 35.8 Å². The van der Waals surface area contributed by atoms with E-state index in [2.05, 4.69) is 15.6 Å². The van der Waals surface area contributed by atoms with Crippen LogP contribution in [0.4, 0.5) is 10.5 Å². The monoisotopic (exact) mass is 345 g/mol. The fourth-order valence-electron chi connectivity index (χ4n) is 2.44. The minimum absolute atomic E-state index is 0.0439. The molecule has 0 atom stereocenters. The Morgan fingerprint density at radius 1 is 0.923 bits per heavy atom. The first-order valence-corrected chi connectivity index (χ1v) is 8.27. The van der Waals surface area contributed by atoms with E-state index in [-0.39, 0.29) is 11.8 Å². The van der Waals surface area contributed by atoms with Crippen molar-refractivity contribution in [3.05, 3.63) is 95.3 Å². The van der Waals surface area contributed by atoms with E-state index in [1.165, 1.54) is 0 Å². The van der Waals surface area contributed by atoms with Gasteiger partial charge in [-0.05, 0) is 42.8 Å². The number of pyridine rings is 1. The van der Waals surface area contributed by atoms with Crippen LogP contribution in [-0.4, -0.2) is 16.8 Å². The molecule has 1 heterocycles. The number of nitrogens with one attached hydrogen (secondary N) is 2. The van der Waals surface area contributed by atoms with Crippen LogP contribution >= 0.6 is 0 Å². The second-order valence-corrected chi connectivity index (χ2v) is 5.94. The van der Waals surface area contributed by atoms with E-state index in [9.17, 15) is 9.59 Å². The number of hydrogen-bond acceptors (Lipinski definition) is 3. The first kappa shape index (κ1) is 17.4. The van der Waals surface area contributed by atoms with Crippen LogP contribution in [0.1, 0.15) is 27.0 Å². The number of nitrogens with zero attached hydrogens (tertiary/aromatic N) is 1. The molecule has 130 valence electrons. The van der Waals surface area contributed by atoms with Gasteiger partial charge in [0.1, 0.15) is 0 Å². The summed E-state index contributed by atoms with van der Waals surface area (Å²) in [4.78, 5) is 28.4. The average molecular weight is 345 g/mol. The number of urea groups is 1. The summed E-state index contributed by atoms with van der Waals surface area (Å²) >= 11 is 0. The zero-order valence-corrected chi connectivity index (χ0v) is 14.4. The second kappa shape index (κ2) is 8.07. The van der Waals surface area contributed by atoms with Crippen LogP contribution in [0, 0.1) is 6.92 Å². The minimum Gasteiger partial charge on any atom is -0.334 e. The van der Waals surface area contributed by atoms with Crippen LogP contribution < -0.4 is 10.6 Å². The largest absolute Gasteiger partial charge is 0.334 e. The van der Waals surface area contributed by atoms with Crippen molar-refractivity contribution in [3.8, 4) is 0 Å². The molecule has 1 aromatic heterocycles. The fourth-order valence-corrected chi connectivity index (χ4v) is 2.44. The van der Waals surface area contributed by atoms with Crippen LogP contribution in [-0.2, 0) is 6.54 Å². The lowest BCUT2D eigenvalue weighted by molar-refractivity contribution is 0.103. The number of benzene rings is 2. The Bertz CT molecular complexity index is 889. The predicted octanol–water partition coefficient (Wildman–Crippen LogP) is 3.94. The van der Waals surface area contributed by atoms with Crippen molar-refractivity contribution in [2.75, 3.05) is 5.32 Å².